The van der Waals surface area contributed by atoms with Crippen LogP contribution in [0.4, 0.5) is 0 Å². The van der Waals surface area contributed by atoms with Gasteiger partial charge in [-0.3, -0.25) is 5.41 Å². The summed E-state index contributed by atoms with van der Waals surface area (Å²) in [7, 11) is 0. The minimum atomic E-state index is 0.183. The number of benzene rings is 2. The third-order valence-electron chi connectivity index (χ3n) is 5.98. The summed E-state index contributed by atoms with van der Waals surface area (Å²) in [6.07, 6.45) is 12.7. The van der Waals surface area contributed by atoms with Gasteiger partial charge in [0.1, 0.15) is 11.3 Å². The molecule has 1 heterocycles. The molecule has 3 aromatic rings. The highest BCUT2D eigenvalue weighted by molar-refractivity contribution is 6.12. The highest BCUT2D eigenvalue weighted by Crippen LogP contribution is 2.44. The Bertz CT molecular complexity index is 1270. The van der Waals surface area contributed by atoms with E-state index in [1.54, 1.807) is 0 Å². The number of rotatable bonds is 3. The summed E-state index contributed by atoms with van der Waals surface area (Å²) < 4.78 is 6.10. The number of nitrogens with zero attached hydrogens (tertiary/aromatic N) is 2. The Morgan fingerprint density at radius 3 is 2.58 bits per heavy atom. The predicted molar refractivity (Wildman–Crippen MR) is 128 cm³/mol. The molecule has 4 heteroatoms. The van der Waals surface area contributed by atoms with E-state index in [9.17, 15) is 0 Å². The lowest BCUT2D eigenvalue weighted by Crippen LogP contribution is -2.16. The summed E-state index contributed by atoms with van der Waals surface area (Å²) in [5.74, 6) is 2.25. The minimum Gasteiger partial charge on any atom is -0.456 e. The number of hydrogen-bond acceptors (Lipinski definition) is 2. The maximum Gasteiger partial charge on any atom is 0.160 e. The number of fused-ring (bicyclic) bond motifs is 3. The van der Waals surface area contributed by atoms with E-state index in [1.807, 2.05) is 48.5 Å². The van der Waals surface area contributed by atoms with Gasteiger partial charge in [0.05, 0.1) is 0 Å². The van der Waals surface area contributed by atoms with Crippen molar-refractivity contribution in [2.24, 2.45) is 15.9 Å². The van der Waals surface area contributed by atoms with E-state index in [1.165, 1.54) is 10.9 Å². The van der Waals surface area contributed by atoms with Crippen molar-refractivity contribution in [2.75, 3.05) is 0 Å². The normalized spacial score (nSPS) is 20.4. The number of aliphatic imine (C=N–C) groups is 2. The van der Waals surface area contributed by atoms with Crippen molar-refractivity contribution in [1.29, 1.82) is 5.41 Å². The number of amidine groups is 2. The van der Waals surface area contributed by atoms with Crippen molar-refractivity contribution >= 4 is 35.4 Å². The second kappa shape index (κ2) is 8.15. The van der Waals surface area contributed by atoms with Crippen LogP contribution in [0.3, 0.4) is 0 Å². The zero-order chi connectivity index (χ0) is 21.2. The monoisotopic (exact) mass is 405 g/mol. The Hall–Kier alpha value is -3.79. The quantitative estimate of drug-likeness (QED) is 0.389. The largest absolute Gasteiger partial charge is 0.456 e. The average molecular weight is 406 g/mol. The molecular weight excluding hydrogens is 382 g/mol. The first-order chi connectivity index (χ1) is 15.2. The van der Waals surface area contributed by atoms with Gasteiger partial charge in [0.2, 0.25) is 0 Å². The zero-order valence-corrected chi connectivity index (χ0v) is 17.2. The Morgan fingerprint density at radius 1 is 0.968 bits per heavy atom. The van der Waals surface area contributed by atoms with Gasteiger partial charge in [-0.25, -0.2) is 9.98 Å². The Labute approximate surface area is 181 Å². The van der Waals surface area contributed by atoms with E-state index in [-0.39, 0.29) is 5.84 Å². The smallest absolute Gasteiger partial charge is 0.160 e. The molecule has 31 heavy (non-hydrogen) atoms. The Morgan fingerprint density at radius 2 is 1.74 bits per heavy atom. The molecule has 0 fully saturated rings. The molecule has 0 spiro atoms. The Kier molecular flexibility index (Phi) is 5.04. The van der Waals surface area contributed by atoms with Crippen LogP contribution in [0.1, 0.15) is 35.6 Å². The molecule has 5 rings (SSSR count). The van der Waals surface area contributed by atoms with Crippen molar-refractivity contribution < 1.29 is 4.42 Å². The van der Waals surface area contributed by atoms with Crippen LogP contribution in [0.15, 0.2) is 98.9 Å². The number of nitrogens with one attached hydrogen (secondary N) is 1. The van der Waals surface area contributed by atoms with Gasteiger partial charge in [-0.05, 0) is 43.5 Å². The topological polar surface area (TPSA) is 61.7 Å². The molecule has 2 atom stereocenters. The molecule has 0 amide bonds. The average Bonchev–Trinajstić information content (AvgIpc) is 3.22. The highest BCUT2D eigenvalue weighted by Gasteiger charge is 2.30. The first-order valence-corrected chi connectivity index (χ1v) is 10.5. The van der Waals surface area contributed by atoms with Crippen LogP contribution in [-0.2, 0) is 0 Å². The van der Waals surface area contributed by atoms with Crippen molar-refractivity contribution in [3.8, 4) is 0 Å². The lowest BCUT2D eigenvalue weighted by Gasteiger charge is -2.27. The van der Waals surface area contributed by atoms with Gasteiger partial charge in [-0.2, -0.15) is 0 Å². The van der Waals surface area contributed by atoms with Crippen molar-refractivity contribution in [1.82, 2.24) is 0 Å². The maximum atomic E-state index is 8.35. The number of para-hydroxylation sites is 1. The first kappa shape index (κ1) is 19.2. The van der Waals surface area contributed by atoms with Crippen LogP contribution in [0, 0.1) is 11.3 Å². The van der Waals surface area contributed by atoms with Crippen molar-refractivity contribution in [3.05, 3.63) is 101 Å². The van der Waals surface area contributed by atoms with E-state index in [0.717, 1.165) is 35.3 Å². The summed E-state index contributed by atoms with van der Waals surface area (Å²) in [5.41, 5.74) is 3.89. The number of furan rings is 1. The third-order valence-corrected chi connectivity index (χ3v) is 5.98. The van der Waals surface area contributed by atoms with Gasteiger partial charge in [0.15, 0.2) is 11.7 Å². The SMILES string of the molecule is C=NC(=NC(=N)c1ccccc1)C1=CC(C2CC=Cc3oc4ccccc4c32)CC=C1. The van der Waals surface area contributed by atoms with Crippen molar-refractivity contribution in [3.63, 3.8) is 0 Å². The molecule has 4 nitrogen and oxygen atoms in total. The fourth-order valence-electron chi connectivity index (χ4n) is 4.51. The molecule has 152 valence electrons. The molecule has 0 saturated carbocycles. The molecule has 2 aliphatic rings. The third kappa shape index (κ3) is 3.61. The molecule has 0 aliphatic heterocycles. The van der Waals surface area contributed by atoms with Crippen molar-refractivity contribution in [2.45, 2.75) is 18.8 Å². The molecule has 0 bridgehead atoms. The molecular formula is C27H23N3O. The molecule has 2 aliphatic carbocycles. The maximum absolute atomic E-state index is 8.35. The van der Waals surface area contributed by atoms with Crippen LogP contribution < -0.4 is 0 Å². The summed E-state index contributed by atoms with van der Waals surface area (Å²) in [4.78, 5) is 8.62. The first-order valence-electron chi connectivity index (χ1n) is 10.5. The van der Waals surface area contributed by atoms with Crippen LogP contribution in [0.2, 0.25) is 0 Å². The van der Waals surface area contributed by atoms with Gasteiger partial charge in [0, 0.05) is 22.1 Å². The second-order valence-electron chi connectivity index (χ2n) is 7.85. The number of allylic oxidation sites excluding steroid dienone is 3. The molecule has 1 aromatic heterocycles. The van der Waals surface area contributed by atoms with Gasteiger partial charge >= 0.3 is 0 Å². The van der Waals surface area contributed by atoms with E-state index in [0.29, 0.717) is 17.7 Å². The lowest BCUT2D eigenvalue weighted by molar-refractivity contribution is 0.494. The standard InChI is InChI=1S/C27H23N3O/c1-29-27(30-26(28)18-9-3-2-4-10-18)20-12-7-11-19(17-20)21-14-8-16-24-25(21)22-13-5-6-15-23(22)31-24/h2-10,12-13,15-17,19,21,28H,1,11,14H2. The van der Waals surface area contributed by atoms with Gasteiger partial charge in [-0.1, -0.05) is 72.8 Å². The van der Waals surface area contributed by atoms with Crippen LogP contribution >= 0.6 is 0 Å². The summed E-state index contributed by atoms with van der Waals surface area (Å²) in [6.45, 7) is 3.71. The molecule has 2 unspecified atom stereocenters. The lowest BCUT2D eigenvalue weighted by atomic mass is 9.76. The summed E-state index contributed by atoms with van der Waals surface area (Å²) in [5, 5.41) is 9.54. The van der Waals surface area contributed by atoms with E-state index < -0.39 is 0 Å². The predicted octanol–water partition coefficient (Wildman–Crippen LogP) is 6.56. The van der Waals surface area contributed by atoms with Crippen LogP contribution in [0.25, 0.3) is 17.0 Å². The molecule has 0 radical (unpaired) electrons. The second-order valence-corrected chi connectivity index (χ2v) is 7.85. The fourth-order valence-corrected chi connectivity index (χ4v) is 4.51. The van der Waals surface area contributed by atoms with E-state index >= 15 is 0 Å². The van der Waals surface area contributed by atoms with E-state index in [4.69, 9.17) is 9.83 Å². The summed E-state index contributed by atoms with van der Waals surface area (Å²) >= 11 is 0. The molecule has 2 aromatic carbocycles. The zero-order valence-electron chi connectivity index (χ0n) is 17.2. The highest BCUT2D eigenvalue weighted by atomic mass is 16.3. The minimum absolute atomic E-state index is 0.183. The van der Waals surface area contributed by atoms with E-state index in [2.05, 4.69) is 53.1 Å². The van der Waals surface area contributed by atoms with Gasteiger partial charge in [-0.15, -0.1) is 0 Å². The fraction of sp³-hybridized carbons (Fsp3) is 0.148. The van der Waals surface area contributed by atoms with Gasteiger partial charge < -0.3 is 4.42 Å². The molecule has 0 saturated heterocycles. The van der Waals surface area contributed by atoms with Crippen LogP contribution in [0.5, 0.6) is 0 Å². The molecule has 1 N–H and O–H groups in total. The Balaban J connectivity index is 1.49. The summed E-state index contributed by atoms with van der Waals surface area (Å²) in [6, 6.07) is 17.7. The number of hydrogen-bond donors (Lipinski definition) is 1. The van der Waals surface area contributed by atoms with Crippen LogP contribution in [-0.4, -0.2) is 18.4 Å². The van der Waals surface area contributed by atoms with Gasteiger partial charge in [0.25, 0.3) is 0 Å².